The zero-order valence-corrected chi connectivity index (χ0v) is 14.4. The van der Waals surface area contributed by atoms with Crippen LogP contribution in [0.5, 0.6) is 0 Å². The lowest BCUT2D eigenvalue weighted by Gasteiger charge is -2.33. The van der Waals surface area contributed by atoms with Crippen LogP contribution in [0.25, 0.3) is 0 Å². The summed E-state index contributed by atoms with van der Waals surface area (Å²) in [5, 5.41) is 0. The first-order valence-electron chi connectivity index (χ1n) is 7.62. The summed E-state index contributed by atoms with van der Waals surface area (Å²) in [6.45, 7) is 13.2. The Morgan fingerprint density at radius 3 is 1.80 bits per heavy atom. The molecule has 0 amide bonds. The third-order valence-electron chi connectivity index (χ3n) is 3.80. The molecule has 1 saturated carbocycles. The lowest BCUT2D eigenvalue weighted by atomic mass is 10.3. The quantitative estimate of drug-likeness (QED) is 0.439. The van der Waals surface area contributed by atoms with Crippen molar-refractivity contribution in [1.82, 2.24) is 0 Å². The van der Waals surface area contributed by atoms with Crippen molar-refractivity contribution in [2.24, 2.45) is 0 Å². The van der Waals surface area contributed by atoms with E-state index >= 15 is 0 Å². The van der Waals surface area contributed by atoms with Crippen LogP contribution in [-0.2, 0) is 13.3 Å². The van der Waals surface area contributed by atoms with Gasteiger partial charge in [-0.25, -0.2) is 0 Å². The molecule has 0 saturated heterocycles. The third-order valence-corrected chi connectivity index (χ3v) is 7.16. The third kappa shape index (κ3) is 5.52. The van der Waals surface area contributed by atoms with Gasteiger partial charge in [-0.3, -0.25) is 0 Å². The summed E-state index contributed by atoms with van der Waals surface area (Å²) >= 11 is 0. The maximum absolute atomic E-state index is 6.16. The van der Waals surface area contributed by atoms with Gasteiger partial charge in [0.1, 0.15) is 0 Å². The van der Waals surface area contributed by atoms with E-state index < -0.39 is 8.80 Å². The first kappa shape index (κ1) is 17.6. The lowest BCUT2D eigenvalue weighted by Crippen LogP contribution is -2.49. The molecular formula is C16H30O3Si. The average Bonchev–Trinajstić information content (AvgIpc) is 2.90. The van der Waals surface area contributed by atoms with E-state index in [0.717, 1.165) is 24.0 Å². The van der Waals surface area contributed by atoms with Gasteiger partial charge in [0, 0.05) is 25.9 Å². The summed E-state index contributed by atoms with van der Waals surface area (Å²) in [4.78, 5) is 0. The van der Waals surface area contributed by atoms with Gasteiger partial charge in [0.25, 0.3) is 0 Å². The van der Waals surface area contributed by atoms with E-state index in [4.69, 9.17) is 13.3 Å². The Bertz CT molecular complexity index is 302. The molecule has 0 unspecified atom stereocenters. The average molecular weight is 298 g/mol. The summed E-state index contributed by atoms with van der Waals surface area (Å²) in [5.74, 6) is 0. The Balaban J connectivity index is 2.62. The fraction of sp³-hybridized carbons (Fsp3) is 0.750. The molecule has 0 bridgehead atoms. The van der Waals surface area contributed by atoms with Crippen LogP contribution in [0.3, 0.4) is 0 Å². The minimum absolute atomic E-state index is 0.461. The van der Waals surface area contributed by atoms with Crippen LogP contribution < -0.4 is 0 Å². The van der Waals surface area contributed by atoms with Gasteiger partial charge in [0.05, 0.1) is 0 Å². The smallest absolute Gasteiger partial charge is 0.377 e. The highest BCUT2D eigenvalue weighted by atomic mass is 28.4. The van der Waals surface area contributed by atoms with Crippen molar-refractivity contribution in [2.75, 3.05) is 20.3 Å². The van der Waals surface area contributed by atoms with Gasteiger partial charge in [-0.2, -0.15) is 0 Å². The first-order chi connectivity index (χ1) is 9.50. The number of hydrogen-bond acceptors (Lipinski definition) is 3. The zero-order valence-electron chi connectivity index (χ0n) is 13.4. The highest BCUT2D eigenvalue weighted by Gasteiger charge is 2.49. The van der Waals surface area contributed by atoms with E-state index in [1.807, 2.05) is 13.8 Å². The molecule has 0 spiro atoms. The largest absolute Gasteiger partial charge is 0.503 e. The topological polar surface area (TPSA) is 27.7 Å². The SMILES string of the molecule is C=C(C)CCO[Si](OC)(OCCC(=C)C)C1CCCC1. The molecule has 4 heteroatoms. The minimum atomic E-state index is -2.55. The summed E-state index contributed by atoms with van der Waals surface area (Å²) < 4.78 is 18.1. The molecule has 116 valence electrons. The normalized spacial score (nSPS) is 16.6. The number of hydrogen-bond donors (Lipinski definition) is 0. The Morgan fingerprint density at radius 1 is 1.00 bits per heavy atom. The Hall–Kier alpha value is -0.423. The monoisotopic (exact) mass is 298 g/mol. The van der Waals surface area contributed by atoms with Crippen LogP contribution in [0.15, 0.2) is 24.3 Å². The van der Waals surface area contributed by atoms with Gasteiger partial charge in [0.2, 0.25) is 0 Å². The Labute approximate surface area is 125 Å². The molecule has 0 aliphatic heterocycles. The van der Waals surface area contributed by atoms with E-state index in [1.54, 1.807) is 7.11 Å². The highest BCUT2D eigenvalue weighted by Crippen LogP contribution is 2.40. The van der Waals surface area contributed by atoms with Crippen molar-refractivity contribution >= 4 is 8.80 Å². The van der Waals surface area contributed by atoms with Crippen molar-refractivity contribution in [3.63, 3.8) is 0 Å². The van der Waals surface area contributed by atoms with Gasteiger partial charge in [-0.1, -0.05) is 24.0 Å². The maximum Gasteiger partial charge on any atom is 0.503 e. The zero-order chi connectivity index (χ0) is 15.0. The summed E-state index contributed by atoms with van der Waals surface area (Å²) in [7, 11) is -0.810. The van der Waals surface area contributed by atoms with Crippen molar-refractivity contribution in [3.05, 3.63) is 24.3 Å². The lowest BCUT2D eigenvalue weighted by molar-refractivity contribution is 0.0690. The molecule has 1 aliphatic rings. The molecule has 0 atom stereocenters. The van der Waals surface area contributed by atoms with Crippen LogP contribution in [-0.4, -0.2) is 29.1 Å². The molecule has 1 aliphatic carbocycles. The Kier molecular flexibility index (Phi) is 7.73. The molecule has 1 fully saturated rings. The van der Waals surface area contributed by atoms with Crippen LogP contribution >= 0.6 is 0 Å². The molecule has 0 aromatic carbocycles. The molecule has 0 N–H and O–H groups in total. The standard InChI is InChI=1S/C16H30O3Si/c1-14(2)10-12-18-20(17-5,16-8-6-7-9-16)19-13-11-15(3)4/h16H,1,3,6-13H2,2,4-5H3. The molecular weight excluding hydrogens is 268 g/mol. The van der Waals surface area contributed by atoms with Crippen LogP contribution in [0.2, 0.25) is 5.54 Å². The second-order valence-corrected chi connectivity index (χ2v) is 8.91. The molecule has 20 heavy (non-hydrogen) atoms. The number of rotatable bonds is 10. The summed E-state index contributed by atoms with van der Waals surface area (Å²) in [6, 6.07) is 0. The van der Waals surface area contributed by atoms with Gasteiger partial charge >= 0.3 is 8.80 Å². The summed E-state index contributed by atoms with van der Waals surface area (Å²) in [6.07, 6.45) is 6.59. The second kappa shape index (κ2) is 8.77. The molecule has 0 radical (unpaired) electrons. The second-order valence-electron chi connectivity index (χ2n) is 5.90. The van der Waals surface area contributed by atoms with Gasteiger partial charge < -0.3 is 13.3 Å². The van der Waals surface area contributed by atoms with E-state index in [9.17, 15) is 0 Å². The fourth-order valence-corrected chi connectivity index (χ4v) is 5.59. The van der Waals surface area contributed by atoms with Crippen molar-refractivity contribution in [3.8, 4) is 0 Å². The molecule has 0 aromatic rings. The minimum Gasteiger partial charge on any atom is -0.377 e. The predicted octanol–water partition coefficient (Wildman–Crippen LogP) is 4.48. The van der Waals surface area contributed by atoms with E-state index in [2.05, 4.69) is 13.2 Å². The Morgan fingerprint density at radius 2 is 1.45 bits per heavy atom. The first-order valence-corrected chi connectivity index (χ1v) is 9.42. The maximum atomic E-state index is 6.16. The van der Waals surface area contributed by atoms with Gasteiger partial charge in [-0.05, 0) is 39.5 Å². The molecule has 0 aromatic heterocycles. The van der Waals surface area contributed by atoms with E-state index in [1.165, 1.54) is 25.7 Å². The van der Waals surface area contributed by atoms with Gasteiger partial charge in [0.15, 0.2) is 0 Å². The predicted molar refractivity (Wildman–Crippen MR) is 85.7 cm³/mol. The van der Waals surface area contributed by atoms with Gasteiger partial charge in [-0.15, -0.1) is 13.2 Å². The fourth-order valence-electron chi connectivity index (χ4n) is 2.58. The molecule has 3 nitrogen and oxygen atoms in total. The van der Waals surface area contributed by atoms with E-state index in [-0.39, 0.29) is 0 Å². The van der Waals surface area contributed by atoms with Crippen molar-refractivity contribution < 1.29 is 13.3 Å². The van der Waals surface area contributed by atoms with Crippen LogP contribution in [0, 0.1) is 0 Å². The van der Waals surface area contributed by atoms with Crippen LogP contribution in [0.1, 0.15) is 52.4 Å². The van der Waals surface area contributed by atoms with E-state index in [0.29, 0.717) is 18.8 Å². The van der Waals surface area contributed by atoms with Crippen LogP contribution in [0.4, 0.5) is 0 Å². The molecule has 1 rings (SSSR count). The van der Waals surface area contributed by atoms with Crippen molar-refractivity contribution in [1.29, 1.82) is 0 Å². The molecule has 0 heterocycles. The highest BCUT2D eigenvalue weighted by molar-refractivity contribution is 6.62. The van der Waals surface area contributed by atoms with Crippen molar-refractivity contribution in [2.45, 2.75) is 57.9 Å². The summed E-state index contributed by atoms with van der Waals surface area (Å²) in [5.41, 5.74) is 2.73.